The van der Waals surface area contributed by atoms with Gasteiger partial charge in [-0.25, -0.2) is 14.5 Å². The molecule has 4 N–H and O–H groups in total. The van der Waals surface area contributed by atoms with Crippen molar-refractivity contribution in [2.24, 2.45) is 11.3 Å². The molecule has 0 radical (unpaired) electrons. The number of benzene rings is 1. The highest BCUT2D eigenvalue weighted by Crippen LogP contribution is 2.47. The second-order valence-electron chi connectivity index (χ2n) is 13.7. The molecular formula is C32H42ClN5O10S. The zero-order valence-corrected chi connectivity index (χ0v) is 29.5. The van der Waals surface area contributed by atoms with Crippen molar-refractivity contribution in [3.05, 3.63) is 29.3 Å². The predicted octanol–water partition coefficient (Wildman–Crippen LogP) is 3.14. The van der Waals surface area contributed by atoms with Gasteiger partial charge in [0, 0.05) is 17.9 Å². The number of nitrogens with zero attached hydrogens (tertiary/aromatic N) is 2. The second-order valence-corrected chi connectivity index (χ2v) is 15.4. The summed E-state index contributed by atoms with van der Waals surface area (Å²) in [6.45, 7) is 8.88. The maximum absolute atomic E-state index is 14.1. The van der Waals surface area contributed by atoms with Crippen molar-refractivity contribution in [1.82, 2.24) is 25.2 Å². The fraction of sp³-hybridized carbons (Fsp3) is 0.594. The monoisotopic (exact) mass is 723 g/mol. The van der Waals surface area contributed by atoms with Crippen LogP contribution in [-0.4, -0.2) is 90.2 Å². The Morgan fingerprint density at radius 1 is 1.16 bits per heavy atom. The number of carboxylic acid groups (broad SMARTS) is 1. The largest absolute Gasteiger partial charge is 0.488 e. The standard InChI is InChI=1S/C32H42ClN5O10S/c1-6-17-15-32(17,29(41)37-49(44,45)48-18-11-12-18)36-27(39)22-13-19(16-38(22)28(40)26(31(3,4)5)35-30(42)43)47-23-14-24(46-7-2)34-25-20(23)9-8-10-21(25)33/h8-10,14,17-19,22,26,35H,6-7,11-13,15-16H2,1-5H3,(H,36,39)(H,37,41)(H,42,43). The molecular weight excluding hydrogens is 682 g/mol. The molecule has 0 spiro atoms. The minimum absolute atomic E-state index is 0.0343. The smallest absolute Gasteiger partial charge is 0.405 e. The summed E-state index contributed by atoms with van der Waals surface area (Å²) < 4.78 is 43.9. The molecule has 5 unspecified atom stereocenters. The van der Waals surface area contributed by atoms with E-state index >= 15 is 0 Å². The first kappa shape index (κ1) is 36.4. The zero-order chi connectivity index (χ0) is 35.9. The van der Waals surface area contributed by atoms with Gasteiger partial charge in [0.05, 0.1) is 29.8 Å². The van der Waals surface area contributed by atoms with Gasteiger partial charge in [-0.3, -0.25) is 18.6 Å². The number of para-hydroxylation sites is 1. The van der Waals surface area contributed by atoms with E-state index in [1.165, 1.54) is 4.90 Å². The van der Waals surface area contributed by atoms with Gasteiger partial charge in [-0.05, 0) is 49.7 Å². The summed E-state index contributed by atoms with van der Waals surface area (Å²) >= 11 is 6.44. The first-order valence-electron chi connectivity index (χ1n) is 16.2. The summed E-state index contributed by atoms with van der Waals surface area (Å²) in [5.74, 6) is -2.08. The van der Waals surface area contributed by atoms with Crippen LogP contribution in [0.15, 0.2) is 24.3 Å². The number of ether oxygens (including phenoxy) is 2. The number of fused-ring (bicyclic) bond motifs is 1. The maximum Gasteiger partial charge on any atom is 0.405 e. The summed E-state index contributed by atoms with van der Waals surface area (Å²) in [7, 11) is -4.41. The van der Waals surface area contributed by atoms with Gasteiger partial charge < -0.3 is 30.1 Å². The summed E-state index contributed by atoms with van der Waals surface area (Å²) in [4.78, 5) is 59.1. The molecule has 17 heteroatoms. The molecule has 1 aliphatic heterocycles. The third kappa shape index (κ3) is 8.13. The van der Waals surface area contributed by atoms with Crippen molar-refractivity contribution >= 4 is 56.6 Å². The molecule has 2 saturated carbocycles. The first-order valence-corrected chi connectivity index (χ1v) is 18.0. The number of rotatable bonds is 13. The van der Waals surface area contributed by atoms with E-state index in [9.17, 15) is 32.7 Å². The van der Waals surface area contributed by atoms with Crippen molar-refractivity contribution < 1.29 is 46.4 Å². The lowest BCUT2D eigenvalue weighted by Crippen LogP contribution is -2.60. The minimum atomic E-state index is -4.41. The van der Waals surface area contributed by atoms with Gasteiger partial charge in [-0.1, -0.05) is 51.8 Å². The molecule has 1 aromatic heterocycles. The number of hydrogen-bond donors (Lipinski definition) is 4. The highest BCUT2D eigenvalue weighted by Gasteiger charge is 2.62. The molecule has 5 rings (SSSR count). The van der Waals surface area contributed by atoms with Crippen molar-refractivity contribution in [3.8, 4) is 11.6 Å². The van der Waals surface area contributed by atoms with E-state index in [4.69, 9.17) is 25.3 Å². The molecule has 4 amide bonds. The van der Waals surface area contributed by atoms with E-state index in [0.29, 0.717) is 47.5 Å². The number of amides is 4. The van der Waals surface area contributed by atoms with Crippen LogP contribution in [0.25, 0.3) is 10.9 Å². The van der Waals surface area contributed by atoms with Crippen molar-refractivity contribution in [2.75, 3.05) is 13.2 Å². The van der Waals surface area contributed by atoms with Gasteiger partial charge in [0.2, 0.25) is 17.7 Å². The van der Waals surface area contributed by atoms with Crippen LogP contribution in [0, 0.1) is 11.3 Å². The Kier molecular flexibility index (Phi) is 10.2. The number of carbonyl (C=O) groups excluding carboxylic acids is 3. The van der Waals surface area contributed by atoms with E-state index in [1.807, 2.05) is 11.6 Å². The highest BCUT2D eigenvalue weighted by atomic mass is 35.5. The SMILES string of the molecule is CCOc1cc(OC2CC(C(=O)NC3(C(=O)NS(=O)(=O)OC4CC4)CC3CC)N(C(=O)C(NC(=O)O)C(C)(C)C)C2)c2cccc(Cl)c2n1. The summed E-state index contributed by atoms with van der Waals surface area (Å²) in [6, 6.07) is 4.30. The van der Waals surface area contributed by atoms with Crippen molar-refractivity contribution in [3.63, 3.8) is 0 Å². The zero-order valence-electron chi connectivity index (χ0n) is 27.9. The lowest BCUT2D eigenvalue weighted by atomic mass is 9.85. The molecule has 0 bridgehead atoms. The lowest BCUT2D eigenvalue weighted by molar-refractivity contribution is -0.142. The Labute approximate surface area is 289 Å². The Balaban J connectivity index is 1.45. The summed E-state index contributed by atoms with van der Waals surface area (Å²) in [6.07, 6.45) is -0.953. The molecule has 268 valence electrons. The Hall–Kier alpha value is -3.89. The lowest BCUT2D eigenvalue weighted by Gasteiger charge is -2.35. The van der Waals surface area contributed by atoms with Crippen LogP contribution in [0.2, 0.25) is 5.02 Å². The van der Waals surface area contributed by atoms with Crippen LogP contribution in [-0.2, 0) is 28.9 Å². The average molecular weight is 724 g/mol. The number of hydrogen-bond acceptors (Lipinski definition) is 10. The third-order valence-electron chi connectivity index (χ3n) is 8.90. The molecule has 2 heterocycles. The van der Waals surface area contributed by atoms with Gasteiger partial charge in [-0.15, -0.1) is 0 Å². The summed E-state index contributed by atoms with van der Waals surface area (Å²) in [5, 5.41) is 15.5. The topological polar surface area (TPSA) is 203 Å². The second kappa shape index (κ2) is 13.8. The molecule has 3 fully saturated rings. The van der Waals surface area contributed by atoms with Crippen LogP contribution < -0.4 is 24.8 Å². The number of pyridine rings is 1. The number of carbonyl (C=O) groups is 4. The van der Waals surface area contributed by atoms with Crippen LogP contribution >= 0.6 is 11.6 Å². The molecule has 2 aromatic rings. The van der Waals surface area contributed by atoms with Crippen molar-refractivity contribution in [2.45, 2.75) is 96.6 Å². The van der Waals surface area contributed by atoms with E-state index < -0.39 is 69.4 Å². The Bertz CT molecular complexity index is 1750. The summed E-state index contributed by atoms with van der Waals surface area (Å²) in [5.41, 5.74) is -2.01. The van der Waals surface area contributed by atoms with Crippen LogP contribution in [0.5, 0.6) is 11.6 Å². The quantitative estimate of drug-likeness (QED) is 0.236. The molecule has 2 aliphatic carbocycles. The number of aromatic nitrogens is 1. The maximum atomic E-state index is 14.1. The van der Waals surface area contributed by atoms with Gasteiger partial charge >= 0.3 is 16.4 Å². The fourth-order valence-corrected chi connectivity index (χ4v) is 7.38. The van der Waals surface area contributed by atoms with Crippen LogP contribution in [0.3, 0.4) is 0 Å². The number of likely N-dealkylation sites (tertiary alicyclic amines) is 1. The Morgan fingerprint density at radius 2 is 1.88 bits per heavy atom. The van der Waals surface area contributed by atoms with Crippen LogP contribution in [0.4, 0.5) is 4.79 Å². The van der Waals surface area contributed by atoms with Gasteiger partial charge in [-0.2, -0.15) is 8.42 Å². The normalized spacial score (nSPS) is 24.2. The molecule has 15 nitrogen and oxygen atoms in total. The van der Waals surface area contributed by atoms with E-state index in [1.54, 1.807) is 52.0 Å². The predicted molar refractivity (Wildman–Crippen MR) is 177 cm³/mol. The highest BCUT2D eigenvalue weighted by molar-refractivity contribution is 7.85. The van der Waals surface area contributed by atoms with Crippen LogP contribution in [0.1, 0.15) is 66.7 Å². The van der Waals surface area contributed by atoms with Gasteiger partial charge in [0.15, 0.2) is 0 Å². The molecule has 5 atom stereocenters. The van der Waals surface area contributed by atoms with E-state index in [0.717, 1.165) is 0 Å². The molecule has 49 heavy (non-hydrogen) atoms. The fourth-order valence-electron chi connectivity index (χ4n) is 6.16. The van der Waals surface area contributed by atoms with E-state index in [2.05, 4.69) is 15.6 Å². The molecule has 3 aliphatic rings. The van der Waals surface area contributed by atoms with Gasteiger partial charge in [0.1, 0.15) is 29.5 Å². The first-order chi connectivity index (χ1) is 23.0. The van der Waals surface area contributed by atoms with E-state index in [-0.39, 0.29) is 31.2 Å². The van der Waals surface area contributed by atoms with Crippen molar-refractivity contribution in [1.29, 1.82) is 0 Å². The third-order valence-corrected chi connectivity index (χ3v) is 10.2. The number of halogens is 1. The molecule has 1 aromatic carbocycles. The minimum Gasteiger partial charge on any atom is -0.488 e. The Morgan fingerprint density at radius 3 is 2.47 bits per heavy atom. The van der Waals surface area contributed by atoms with Gasteiger partial charge in [0.25, 0.3) is 5.91 Å². The number of nitrogens with one attached hydrogen (secondary N) is 3. The molecule has 1 saturated heterocycles. The average Bonchev–Trinajstić information content (AvgIpc) is 3.91.